The molecule has 0 aliphatic rings. The van der Waals surface area contributed by atoms with Crippen molar-refractivity contribution in [3.63, 3.8) is 0 Å². The lowest BCUT2D eigenvalue weighted by Gasteiger charge is -2.11. The van der Waals surface area contributed by atoms with Gasteiger partial charge in [-0.1, -0.05) is 17.7 Å². The van der Waals surface area contributed by atoms with Crippen LogP contribution in [0.1, 0.15) is 5.56 Å². The molecule has 2 aromatic carbocycles. The molecule has 1 N–H and O–H groups in total. The van der Waals surface area contributed by atoms with Crippen LogP contribution in [0.3, 0.4) is 0 Å². The van der Waals surface area contributed by atoms with Crippen molar-refractivity contribution < 1.29 is 16.8 Å². The molecular formula is C14H14ClNO4S2. The summed E-state index contributed by atoms with van der Waals surface area (Å²) in [7, 11) is -7.19. The summed E-state index contributed by atoms with van der Waals surface area (Å²) in [5.41, 5.74) is 0.986. The number of anilines is 1. The van der Waals surface area contributed by atoms with Gasteiger partial charge < -0.3 is 0 Å². The van der Waals surface area contributed by atoms with E-state index >= 15 is 0 Å². The van der Waals surface area contributed by atoms with E-state index in [-0.39, 0.29) is 9.79 Å². The molecule has 0 spiro atoms. The second-order valence-electron chi connectivity index (χ2n) is 4.76. The molecule has 2 rings (SSSR count). The molecule has 0 radical (unpaired) electrons. The quantitative estimate of drug-likeness (QED) is 0.910. The molecule has 0 amide bonds. The third-order valence-corrected chi connectivity index (χ3v) is 5.99. The highest BCUT2D eigenvalue weighted by Crippen LogP contribution is 2.25. The molecule has 118 valence electrons. The number of sulfone groups is 1. The van der Waals surface area contributed by atoms with Gasteiger partial charge in [-0.3, -0.25) is 4.72 Å². The average Bonchev–Trinajstić information content (AvgIpc) is 2.43. The second-order valence-corrected chi connectivity index (χ2v) is 8.87. The standard InChI is InChI=1S/C14H14ClNO4S2/c1-10-13(15)4-3-5-14(10)16-22(19,20)12-8-6-11(7-9-12)21(2,17)18/h3-9,16H,1-2H3. The predicted octanol–water partition coefficient (Wildman–Crippen LogP) is 2.85. The van der Waals surface area contributed by atoms with Gasteiger partial charge in [-0.05, 0) is 48.9 Å². The van der Waals surface area contributed by atoms with Crippen LogP contribution in [-0.2, 0) is 19.9 Å². The molecule has 5 nitrogen and oxygen atoms in total. The SMILES string of the molecule is Cc1c(Cl)cccc1NS(=O)(=O)c1ccc(S(C)(=O)=O)cc1. The Morgan fingerprint density at radius 3 is 2.00 bits per heavy atom. The van der Waals surface area contributed by atoms with E-state index in [1.807, 2.05) is 0 Å². The zero-order valence-electron chi connectivity index (χ0n) is 11.9. The smallest absolute Gasteiger partial charge is 0.261 e. The Bertz CT molecular complexity index is 904. The van der Waals surface area contributed by atoms with E-state index in [4.69, 9.17) is 11.6 Å². The molecule has 8 heteroatoms. The van der Waals surface area contributed by atoms with Crippen LogP contribution in [0.25, 0.3) is 0 Å². The normalized spacial score (nSPS) is 12.1. The van der Waals surface area contributed by atoms with E-state index in [0.29, 0.717) is 16.3 Å². The van der Waals surface area contributed by atoms with Gasteiger partial charge in [-0.2, -0.15) is 0 Å². The van der Waals surface area contributed by atoms with Crippen LogP contribution in [0.4, 0.5) is 5.69 Å². The van der Waals surface area contributed by atoms with Gasteiger partial charge in [-0.25, -0.2) is 16.8 Å². The van der Waals surface area contributed by atoms with E-state index in [0.717, 1.165) is 6.26 Å². The lowest BCUT2D eigenvalue weighted by Crippen LogP contribution is -2.14. The fourth-order valence-corrected chi connectivity index (χ4v) is 3.72. The van der Waals surface area contributed by atoms with Crippen LogP contribution in [-0.4, -0.2) is 23.1 Å². The summed E-state index contributed by atoms with van der Waals surface area (Å²) in [6.07, 6.45) is 1.06. The van der Waals surface area contributed by atoms with E-state index in [1.54, 1.807) is 25.1 Å². The molecule has 0 bridgehead atoms. The summed E-state index contributed by atoms with van der Waals surface area (Å²) >= 11 is 5.96. The molecule has 2 aromatic rings. The Labute approximate surface area is 134 Å². The van der Waals surface area contributed by atoms with Crippen molar-refractivity contribution in [2.45, 2.75) is 16.7 Å². The molecule has 22 heavy (non-hydrogen) atoms. The minimum atomic E-state index is -3.82. The molecule has 0 saturated heterocycles. The van der Waals surface area contributed by atoms with Crippen molar-refractivity contribution >= 4 is 37.1 Å². The highest BCUT2D eigenvalue weighted by atomic mass is 35.5. The van der Waals surface area contributed by atoms with Crippen LogP contribution in [0.2, 0.25) is 5.02 Å². The molecular weight excluding hydrogens is 346 g/mol. The highest BCUT2D eigenvalue weighted by Gasteiger charge is 2.17. The number of hydrogen-bond acceptors (Lipinski definition) is 4. The topological polar surface area (TPSA) is 80.3 Å². The van der Waals surface area contributed by atoms with Crippen LogP contribution >= 0.6 is 11.6 Å². The lowest BCUT2D eigenvalue weighted by molar-refractivity contribution is 0.597. The van der Waals surface area contributed by atoms with Crippen molar-refractivity contribution in [3.8, 4) is 0 Å². The number of sulfonamides is 1. The fourth-order valence-electron chi connectivity index (χ4n) is 1.79. The van der Waals surface area contributed by atoms with E-state index in [1.165, 1.54) is 24.3 Å². The summed E-state index contributed by atoms with van der Waals surface area (Å²) in [6.45, 7) is 1.70. The maximum atomic E-state index is 12.3. The van der Waals surface area contributed by atoms with Crippen molar-refractivity contribution in [1.29, 1.82) is 0 Å². The van der Waals surface area contributed by atoms with Crippen LogP contribution in [0, 0.1) is 6.92 Å². The first-order valence-corrected chi connectivity index (χ1v) is 9.94. The number of benzene rings is 2. The molecule has 0 aromatic heterocycles. The third-order valence-electron chi connectivity index (χ3n) is 3.07. The van der Waals surface area contributed by atoms with E-state index < -0.39 is 19.9 Å². The summed E-state index contributed by atoms with van der Waals surface area (Å²) in [5.74, 6) is 0. The average molecular weight is 360 g/mol. The minimum Gasteiger partial charge on any atom is -0.279 e. The fraction of sp³-hybridized carbons (Fsp3) is 0.143. The Kier molecular flexibility index (Phi) is 4.51. The monoisotopic (exact) mass is 359 g/mol. The Balaban J connectivity index is 2.37. The van der Waals surface area contributed by atoms with Gasteiger partial charge in [0.25, 0.3) is 10.0 Å². The van der Waals surface area contributed by atoms with Gasteiger partial charge >= 0.3 is 0 Å². The van der Waals surface area contributed by atoms with Crippen molar-refractivity contribution in [1.82, 2.24) is 0 Å². The van der Waals surface area contributed by atoms with E-state index in [2.05, 4.69) is 4.72 Å². The zero-order chi connectivity index (χ0) is 16.5. The second kappa shape index (κ2) is 5.91. The van der Waals surface area contributed by atoms with E-state index in [9.17, 15) is 16.8 Å². The molecule has 0 atom stereocenters. The Morgan fingerprint density at radius 1 is 0.909 bits per heavy atom. The van der Waals surface area contributed by atoms with Gasteiger partial charge in [0.2, 0.25) is 0 Å². The molecule has 0 unspecified atom stereocenters. The summed E-state index contributed by atoms with van der Waals surface area (Å²) in [6, 6.07) is 9.92. The van der Waals surface area contributed by atoms with Crippen LogP contribution in [0.15, 0.2) is 52.3 Å². The summed E-state index contributed by atoms with van der Waals surface area (Å²) in [5, 5.41) is 0.452. The zero-order valence-corrected chi connectivity index (χ0v) is 14.3. The van der Waals surface area contributed by atoms with Gasteiger partial charge in [0.1, 0.15) is 0 Å². The Morgan fingerprint density at radius 2 is 1.45 bits per heavy atom. The van der Waals surface area contributed by atoms with Crippen LogP contribution < -0.4 is 4.72 Å². The van der Waals surface area contributed by atoms with Gasteiger partial charge in [0.15, 0.2) is 9.84 Å². The maximum Gasteiger partial charge on any atom is 0.261 e. The highest BCUT2D eigenvalue weighted by molar-refractivity contribution is 7.92. The van der Waals surface area contributed by atoms with Crippen molar-refractivity contribution in [2.75, 3.05) is 11.0 Å². The third kappa shape index (κ3) is 3.60. The van der Waals surface area contributed by atoms with Crippen LogP contribution in [0.5, 0.6) is 0 Å². The van der Waals surface area contributed by atoms with Crippen molar-refractivity contribution in [2.24, 2.45) is 0 Å². The van der Waals surface area contributed by atoms with Gasteiger partial charge in [0, 0.05) is 11.3 Å². The predicted molar refractivity (Wildman–Crippen MR) is 86.5 cm³/mol. The number of rotatable bonds is 4. The first kappa shape index (κ1) is 16.8. The summed E-state index contributed by atoms with van der Waals surface area (Å²) < 4.78 is 49.9. The minimum absolute atomic E-state index is 0.0284. The number of nitrogens with one attached hydrogen (secondary N) is 1. The van der Waals surface area contributed by atoms with Crippen molar-refractivity contribution in [3.05, 3.63) is 53.1 Å². The molecule has 0 saturated carbocycles. The molecule has 0 aliphatic carbocycles. The first-order valence-electron chi connectivity index (χ1n) is 6.19. The van der Waals surface area contributed by atoms with Gasteiger partial charge in [0.05, 0.1) is 15.5 Å². The lowest BCUT2D eigenvalue weighted by atomic mass is 10.2. The Hall–Kier alpha value is -1.57. The maximum absolute atomic E-state index is 12.3. The first-order chi connectivity index (χ1) is 10.1. The molecule has 0 aliphatic heterocycles. The molecule has 0 fully saturated rings. The largest absolute Gasteiger partial charge is 0.279 e. The molecule has 0 heterocycles. The summed E-state index contributed by atoms with van der Waals surface area (Å²) in [4.78, 5) is 0.0321. The number of hydrogen-bond donors (Lipinski definition) is 1. The number of halogens is 1. The van der Waals surface area contributed by atoms with Gasteiger partial charge in [-0.15, -0.1) is 0 Å².